The van der Waals surface area contributed by atoms with E-state index in [1.807, 2.05) is 20.2 Å². The molecule has 0 radical (unpaired) electrons. The molecule has 1 unspecified atom stereocenters. The van der Waals surface area contributed by atoms with Crippen LogP contribution in [0.2, 0.25) is 0 Å². The topological polar surface area (TPSA) is 86.7 Å². The van der Waals surface area contributed by atoms with Gasteiger partial charge in [0.2, 0.25) is 6.35 Å². The molecule has 154 valence electrons. The maximum Gasteiger partial charge on any atom is 0.336 e. The Labute approximate surface area is 178 Å². The molecule has 1 atom stereocenters. The molecule has 4 rings (SSSR count). The Hall–Kier alpha value is -3.52. The first-order valence-corrected chi connectivity index (χ1v) is 10.6. The minimum atomic E-state index is -0.972. The fourth-order valence-electron chi connectivity index (χ4n) is 3.46. The zero-order valence-corrected chi connectivity index (χ0v) is 19.4. The Bertz CT molecular complexity index is 1130. The summed E-state index contributed by atoms with van der Waals surface area (Å²) < 4.78 is 5.92. The Morgan fingerprint density at radius 3 is 2.70 bits per heavy atom. The van der Waals surface area contributed by atoms with Gasteiger partial charge in [0.25, 0.3) is 0 Å². The van der Waals surface area contributed by atoms with E-state index in [4.69, 9.17) is 9.72 Å². The Kier molecular flexibility index (Phi) is 5.09. The van der Waals surface area contributed by atoms with Crippen molar-refractivity contribution in [2.24, 2.45) is 0 Å². The molecule has 8 heteroatoms. The van der Waals surface area contributed by atoms with Crippen molar-refractivity contribution in [2.45, 2.75) is 13.3 Å². The summed E-state index contributed by atoms with van der Waals surface area (Å²) in [5, 5.41) is 17.0. The third-order valence-electron chi connectivity index (χ3n) is 5.10. The number of ether oxygens (including phenoxy) is 1. The summed E-state index contributed by atoms with van der Waals surface area (Å²) in [6.45, 7) is 1.76. The minimum absolute atomic E-state index is 0.228. The van der Waals surface area contributed by atoms with Crippen LogP contribution in [0.4, 0.5) is 17.2 Å². The molecule has 7 nitrogen and oxygen atoms in total. The number of rotatable bonds is 5. The molecule has 1 aromatic heterocycles. The highest BCUT2D eigenvalue weighted by atomic mass is 28.1. The Morgan fingerprint density at radius 1 is 1.17 bits per heavy atom. The maximum atomic E-state index is 11.4. The largest absolute Gasteiger partial charge is 0.478 e. The van der Waals surface area contributed by atoms with Crippen LogP contribution >= 0.6 is 0 Å². The number of hydrogen-bond donors (Lipinski definition) is 3. The van der Waals surface area contributed by atoms with Crippen LogP contribution in [0.1, 0.15) is 15.9 Å². The van der Waals surface area contributed by atoms with E-state index in [0.717, 1.165) is 38.7 Å². The molecule has 30 heavy (non-hydrogen) atoms. The van der Waals surface area contributed by atoms with Gasteiger partial charge in [-0.25, -0.2) is 9.78 Å². The average molecular weight is 421 g/mol. The summed E-state index contributed by atoms with van der Waals surface area (Å²) >= 11 is 0. The molecule has 2 heterocycles. The number of pyridine rings is 1. The molecular weight excluding hydrogens is 396 g/mol. The van der Waals surface area contributed by atoms with E-state index >= 15 is 0 Å². The predicted octanol–water partition coefficient (Wildman–Crippen LogP) is 2.01. The highest BCUT2D eigenvalue weighted by molar-refractivity contribution is 6.36. The summed E-state index contributed by atoms with van der Waals surface area (Å²) in [6.07, 6.45) is -0.527. The number of anilines is 3. The van der Waals surface area contributed by atoms with Gasteiger partial charge in [-0.05, 0) is 48.0 Å². The first kappa shape index (κ1) is 19.8. The van der Waals surface area contributed by atoms with Crippen molar-refractivity contribution in [2.75, 3.05) is 29.6 Å². The first-order valence-electron chi connectivity index (χ1n) is 9.65. The summed E-state index contributed by atoms with van der Waals surface area (Å²) in [5.41, 5.74) is 4.95. The zero-order chi connectivity index (χ0) is 21.4. The van der Waals surface area contributed by atoms with Crippen molar-refractivity contribution in [3.05, 3.63) is 59.7 Å². The van der Waals surface area contributed by atoms with Crippen molar-refractivity contribution < 1.29 is 14.6 Å². The van der Waals surface area contributed by atoms with Crippen molar-refractivity contribution in [1.82, 2.24) is 4.98 Å². The zero-order valence-electron chi connectivity index (χ0n) is 17.4. The molecule has 0 aliphatic carbocycles. The molecule has 1 aliphatic rings. The van der Waals surface area contributed by atoms with Gasteiger partial charge in [-0.15, -0.1) is 0 Å². The lowest BCUT2D eigenvalue weighted by Gasteiger charge is -2.15. The van der Waals surface area contributed by atoms with Gasteiger partial charge < -0.3 is 25.4 Å². The summed E-state index contributed by atoms with van der Waals surface area (Å²) in [4.78, 5) is 18.3. The number of carboxylic acids is 1. The van der Waals surface area contributed by atoms with Crippen LogP contribution in [-0.4, -0.2) is 46.7 Å². The van der Waals surface area contributed by atoms with E-state index in [1.54, 1.807) is 19.1 Å². The van der Waals surface area contributed by atoms with Gasteiger partial charge in [0.1, 0.15) is 5.75 Å². The number of aromatic nitrogens is 1. The Morgan fingerprint density at radius 2 is 1.97 bits per heavy atom. The molecule has 0 spiro atoms. The van der Waals surface area contributed by atoms with E-state index in [-0.39, 0.29) is 5.56 Å². The summed E-state index contributed by atoms with van der Waals surface area (Å²) in [6, 6.07) is 15.4. The van der Waals surface area contributed by atoms with Crippen LogP contribution in [0.3, 0.4) is 0 Å². The molecule has 0 fully saturated rings. The fraction of sp³-hybridized carbons (Fsp3) is 0.182. The van der Waals surface area contributed by atoms with Gasteiger partial charge in [0.15, 0.2) is 5.82 Å². The SMILES string of the molecule is Cc1ccc(OC2Nc3cc([SiH3])c(-c4cccc(N(C)C)c4)nc3N2)cc1C(=O)O. The highest BCUT2D eigenvalue weighted by Crippen LogP contribution is 2.31. The molecule has 3 aromatic rings. The van der Waals surface area contributed by atoms with Gasteiger partial charge >= 0.3 is 5.97 Å². The van der Waals surface area contributed by atoms with E-state index in [9.17, 15) is 9.90 Å². The first-order chi connectivity index (χ1) is 14.3. The van der Waals surface area contributed by atoms with E-state index in [1.165, 1.54) is 11.3 Å². The van der Waals surface area contributed by atoms with Crippen molar-refractivity contribution >= 4 is 38.6 Å². The average Bonchev–Trinajstić information content (AvgIpc) is 3.09. The van der Waals surface area contributed by atoms with Crippen LogP contribution in [0.15, 0.2) is 48.5 Å². The minimum Gasteiger partial charge on any atom is -0.478 e. The molecule has 0 saturated carbocycles. The summed E-state index contributed by atoms with van der Waals surface area (Å²) in [7, 11) is 4.89. The number of hydrogen-bond acceptors (Lipinski definition) is 6. The van der Waals surface area contributed by atoms with E-state index in [0.29, 0.717) is 11.3 Å². The smallest absolute Gasteiger partial charge is 0.336 e. The number of nitrogens with zero attached hydrogens (tertiary/aromatic N) is 2. The third-order valence-corrected chi connectivity index (χ3v) is 5.86. The van der Waals surface area contributed by atoms with Crippen molar-refractivity contribution in [1.29, 1.82) is 0 Å². The maximum absolute atomic E-state index is 11.4. The second-order valence-electron chi connectivity index (χ2n) is 7.56. The highest BCUT2D eigenvalue weighted by Gasteiger charge is 2.24. The van der Waals surface area contributed by atoms with Crippen LogP contribution in [0.5, 0.6) is 5.75 Å². The third kappa shape index (κ3) is 3.81. The van der Waals surface area contributed by atoms with Crippen molar-refractivity contribution in [3.8, 4) is 17.0 Å². The van der Waals surface area contributed by atoms with Gasteiger partial charge in [-0.2, -0.15) is 0 Å². The Balaban J connectivity index is 1.57. The lowest BCUT2D eigenvalue weighted by atomic mass is 10.1. The monoisotopic (exact) mass is 420 g/mol. The van der Waals surface area contributed by atoms with Crippen LogP contribution in [0.25, 0.3) is 11.3 Å². The summed E-state index contributed by atoms with van der Waals surface area (Å²) in [5.74, 6) is 0.219. The quantitative estimate of drug-likeness (QED) is 0.544. The predicted molar refractivity (Wildman–Crippen MR) is 123 cm³/mol. The number of carbonyl (C=O) groups is 1. The number of nitrogens with one attached hydrogen (secondary N) is 2. The molecule has 0 bridgehead atoms. The molecule has 3 N–H and O–H groups in total. The van der Waals surface area contributed by atoms with E-state index in [2.05, 4.69) is 39.8 Å². The van der Waals surface area contributed by atoms with Gasteiger partial charge in [-0.3, -0.25) is 0 Å². The van der Waals surface area contributed by atoms with Crippen molar-refractivity contribution in [3.63, 3.8) is 0 Å². The lowest BCUT2D eigenvalue weighted by molar-refractivity contribution is 0.0695. The van der Waals surface area contributed by atoms with Gasteiger partial charge in [0.05, 0.1) is 16.9 Å². The molecule has 2 aromatic carbocycles. The standard InChI is InChI=1S/C22H24N4O3Si/c1-12-7-8-15(10-16(12)21(27)28)29-22-23-17-11-18(30)19(24-20(17)25-22)13-5-4-6-14(9-13)26(2)3/h4-11,22-23H,1-3,30H3,(H,24,25)(H,27,28). The number of benzene rings is 2. The van der Waals surface area contributed by atoms with Gasteiger partial charge in [0, 0.05) is 35.6 Å². The molecular formula is C22H24N4O3Si. The molecule has 0 amide bonds. The van der Waals surface area contributed by atoms with E-state index < -0.39 is 12.3 Å². The number of aryl methyl sites for hydroxylation is 1. The normalized spacial score (nSPS) is 14.6. The van der Waals surface area contributed by atoms with Crippen LogP contribution in [-0.2, 0) is 0 Å². The van der Waals surface area contributed by atoms with Crippen LogP contribution in [0, 0.1) is 6.92 Å². The lowest BCUT2D eigenvalue weighted by Crippen LogP contribution is -2.29. The van der Waals surface area contributed by atoms with Crippen LogP contribution < -0.4 is 25.5 Å². The molecule has 1 aliphatic heterocycles. The number of aromatic carboxylic acids is 1. The molecule has 0 saturated heterocycles. The number of fused-ring (bicyclic) bond motifs is 1. The second-order valence-corrected chi connectivity index (χ2v) is 8.64. The number of carboxylic acid groups (broad SMARTS) is 1. The van der Waals surface area contributed by atoms with Gasteiger partial charge in [-0.1, -0.05) is 18.2 Å². The second kappa shape index (κ2) is 7.72. The fourth-order valence-corrected chi connectivity index (χ4v) is 4.15.